The van der Waals surface area contributed by atoms with Crippen molar-refractivity contribution < 1.29 is 14.4 Å². The number of carbonyl (C=O) groups excluding carboxylic acids is 1. The quantitative estimate of drug-likeness (QED) is 0.910. The number of aromatic nitrogens is 1. The number of nitrogens with one attached hydrogen (secondary N) is 1. The minimum Gasteiger partial charge on any atom is -0.384 e. The lowest BCUT2D eigenvalue weighted by atomic mass is 9.93. The first-order valence-corrected chi connectivity index (χ1v) is 7.23. The van der Waals surface area contributed by atoms with Gasteiger partial charge in [-0.3, -0.25) is 4.79 Å². The maximum absolute atomic E-state index is 12.1. The van der Waals surface area contributed by atoms with Gasteiger partial charge in [-0.25, -0.2) is 0 Å². The molecule has 0 spiro atoms. The van der Waals surface area contributed by atoms with Gasteiger partial charge in [0, 0.05) is 11.5 Å². The topological polar surface area (TPSA) is 75.4 Å². The number of hydrogen-bond donors (Lipinski definition) is 2. The number of amides is 1. The molecule has 1 heterocycles. The van der Waals surface area contributed by atoms with Crippen molar-refractivity contribution in [2.75, 3.05) is 6.54 Å². The number of rotatable bonds is 4. The Morgan fingerprint density at radius 2 is 1.86 bits per heavy atom. The summed E-state index contributed by atoms with van der Waals surface area (Å²) in [4.78, 5) is 12.1. The van der Waals surface area contributed by atoms with Crippen LogP contribution in [0.1, 0.15) is 49.5 Å². The minimum absolute atomic E-state index is 0.0908. The van der Waals surface area contributed by atoms with E-state index < -0.39 is 5.60 Å². The van der Waals surface area contributed by atoms with Crippen molar-refractivity contribution in [1.82, 2.24) is 10.5 Å². The van der Waals surface area contributed by atoms with Crippen LogP contribution in [0.15, 0.2) is 40.9 Å². The van der Waals surface area contributed by atoms with Crippen molar-refractivity contribution in [2.45, 2.75) is 38.7 Å². The van der Waals surface area contributed by atoms with E-state index in [1.54, 1.807) is 13.0 Å². The Bertz CT molecular complexity index is 639. The zero-order valence-electron chi connectivity index (χ0n) is 13.4. The molecule has 1 atom stereocenters. The molecule has 2 aromatic rings. The van der Waals surface area contributed by atoms with Crippen LogP contribution in [0.4, 0.5) is 0 Å². The van der Waals surface area contributed by atoms with Gasteiger partial charge in [0.05, 0.1) is 6.54 Å². The molecule has 0 saturated heterocycles. The average Bonchev–Trinajstić information content (AvgIpc) is 2.96. The number of carbonyl (C=O) groups is 1. The van der Waals surface area contributed by atoms with Gasteiger partial charge in [-0.2, -0.15) is 0 Å². The second-order valence-corrected chi connectivity index (χ2v) is 6.65. The van der Waals surface area contributed by atoms with Crippen molar-refractivity contribution in [3.8, 4) is 0 Å². The highest BCUT2D eigenvalue weighted by Crippen LogP contribution is 2.23. The fraction of sp³-hybridized carbons (Fsp3) is 0.412. The normalized spacial score (nSPS) is 14.4. The fourth-order valence-corrected chi connectivity index (χ4v) is 1.98. The second-order valence-electron chi connectivity index (χ2n) is 6.65. The molecule has 0 aliphatic carbocycles. The number of hydrogen-bond acceptors (Lipinski definition) is 4. The first kappa shape index (κ1) is 16.2. The highest BCUT2D eigenvalue weighted by molar-refractivity contribution is 5.92. The Morgan fingerprint density at radius 1 is 1.23 bits per heavy atom. The molecule has 0 bridgehead atoms. The molecule has 2 rings (SSSR count). The number of nitrogens with zero attached hydrogens (tertiary/aromatic N) is 1. The third-order valence-corrected chi connectivity index (χ3v) is 3.47. The van der Waals surface area contributed by atoms with Gasteiger partial charge in [-0.15, -0.1) is 0 Å². The third kappa shape index (κ3) is 3.74. The lowest BCUT2D eigenvalue weighted by Gasteiger charge is -2.23. The Labute approximate surface area is 130 Å². The monoisotopic (exact) mass is 302 g/mol. The summed E-state index contributed by atoms with van der Waals surface area (Å²) in [5.74, 6) is 0.280. The number of benzene rings is 1. The first-order chi connectivity index (χ1) is 10.2. The van der Waals surface area contributed by atoms with Gasteiger partial charge in [0.25, 0.3) is 5.91 Å². The number of aliphatic hydroxyl groups is 1. The van der Waals surface area contributed by atoms with Gasteiger partial charge in [0.1, 0.15) is 11.4 Å². The SMILES string of the molecule is CC(C)(C)c1cc(C(=O)NCC(C)(O)c2ccccc2)no1. The van der Waals surface area contributed by atoms with E-state index in [1.807, 2.05) is 51.1 Å². The maximum atomic E-state index is 12.1. The van der Waals surface area contributed by atoms with Crippen molar-refractivity contribution in [1.29, 1.82) is 0 Å². The van der Waals surface area contributed by atoms with E-state index in [0.29, 0.717) is 5.76 Å². The van der Waals surface area contributed by atoms with Gasteiger partial charge >= 0.3 is 0 Å². The van der Waals surface area contributed by atoms with Gasteiger partial charge < -0.3 is 14.9 Å². The summed E-state index contributed by atoms with van der Waals surface area (Å²) in [7, 11) is 0. The zero-order valence-corrected chi connectivity index (χ0v) is 13.4. The molecule has 118 valence electrons. The summed E-state index contributed by atoms with van der Waals surface area (Å²) < 4.78 is 5.19. The lowest BCUT2D eigenvalue weighted by molar-refractivity contribution is 0.0524. The van der Waals surface area contributed by atoms with E-state index in [9.17, 15) is 9.90 Å². The second kappa shape index (κ2) is 5.93. The molecule has 0 radical (unpaired) electrons. The molecule has 1 aromatic carbocycles. The molecule has 0 fully saturated rings. The highest BCUT2D eigenvalue weighted by atomic mass is 16.5. The molecule has 0 saturated carbocycles. The average molecular weight is 302 g/mol. The Balaban J connectivity index is 2.02. The van der Waals surface area contributed by atoms with Gasteiger partial charge in [0.2, 0.25) is 0 Å². The molecule has 5 heteroatoms. The van der Waals surface area contributed by atoms with E-state index in [0.717, 1.165) is 5.56 Å². The largest absolute Gasteiger partial charge is 0.384 e. The third-order valence-electron chi connectivity index (χ3n) is 3.47. The van der Waals surface area contributed by atoms with Crippen molar-refractivity contribution >= 4 is 5.91 Å². The van der Waals surface area contributed by atoms with Crippen LogP contribution in [0.5, 0.6) is 0 Å². The predicted molar refractivity (Wildman–Crippen MR) is 83.5 cm³/mol. The van der Waals surface area contributed by atoms with E-state index in [4.69, 9.17) is 4.52 Å². The molecule has 22 heavy (non-hydrogen) atoms. The van der Waals surface area contributed by atoms with Gasteiger partial charge in [0.15, 0.2) is 5.69 Å². The summed E-state index contributed by atoms with van der Waals surface area (Å²) in [5, 5.41) is 16.9. The molecular formula is C17H22N2O3. The predicted octanol–water partition coefficient (Wildman–Crippen LogP) is 2.61. The summed E-state index contributed by atoms with van der Waals surface area (Å²) in [6.07, 6.45) is 0. The molecule has 0 aliphatic rings. The van der Waals surface area contributed by atoms with Crippen molar-refractivity contribution in [3.63, 3.8) is 0 Å². The maximum Gasteiger partial charge on any atom is 0.273 e. The molecule has 1 unspecified atom stereocenters. The smallest absolute Gasteiger partial charge is 0.273 e. The van der Waals surface area contributed by atoms with Crippen LogP contribution in [0, 0.1) is 0 Å². The standard InChI is InChI=1S/C17H22N2O3/c1-16(2,3)14-10-13(19-22-14)15(20)18-11-17(4,21)12-8-6-5-7-9-12/h5-10,21H,11H2,1-4H3,(H,18,20). The van der Waals surface area contributed by atoms with Crippen LogP contribution in [0.2, 0.25) is 0 Å². The summed E-state index contributed by atoms with van der Waals surface area (Å²) in [6, 6.07) is 10.8. The van der Waals surface area contributed by atoms with Crippen LogP contribution in [0.25, 0.3) is 0 Å². The summed E-state index contributed by atoms with van der Waals surface area (Å²) >= 11 is 0. The Hall–Kier alpha value is -2.14. The van der Waals surface area contributed by atoms with Crippen molar-refractivity contribution in [2.24, 2.45) is 0 Å². The van der Waals surface area contributed by atoms with Gasteiger partial charge in [-0.05, 0) is 12.5 Å². The van der Waals surface area contributed by atoms with Crippen LogP contribution < -0.4 is 5.32 Å². The minimum atomic E-state index is -1.15. The fourth-order valence-electron chi connectivity index (χ4n) is 1.98. The Kier molecular flexibility index (Phi) is 4.37. The first-order valence-electron chi connectivity index (χ1n) is 7.23. The molecule has 1 aromatic heterocycles. The van der Waals surface area contributed by atoms with Crippen LogP contribution in [-0.4, -0.2) is 22.7 Å². The van der Waals surface area contributed by atoms with Crippen LogP contribution in [0.3, 0.4) is 0 Å². The molecule has 0 aliphatic heterocycles. The van der Waals surface area contributed by atoms with E-state index in [-0.39, 0.29) is 23.6 Å². The van der Waals surface area contributed by atoms with Crippen LogP contribution >= 0.6 is 0 Å². The van der Waals surface area contributed by atoms with E-state index >= 15 is 0 Å². The van der Waals surface area contributed by atoms with Gasteiger partial charge in [-0.1, -0.05) is 56.3 Å². The summed E-state index contributed by atoms with van der Waals surface area (Å²) in [6.45, 7) is 7.69. The van der Waals surface area contributed by atoms with E-state index in [1.165, 1.54) is 0 Å². The zero-order chi connectivity index (χ0) is 16.4. The highest BCUT2D eigenvalue weighted by Gasteiger charge is 2.26. The summed E-state index contributed by atoms with van der Waals surface area (Å²) in [5.41, 5.74) is -0.395. The molecule has 2 N–H and O–H groups in total. The molecule has 1 amide bonds. The van der Waals surface area contributed by atoms with Crippen molar-refractivity contribution in [3.05, 3.63) is 53.4 Å². The van der Waals surface area contributed by atoms with Crippen LogP contribution in [-0.2, 0) is 11.0 Å². The van der Waals surface area contributed by atoms with E-state index in [2.05, 4.69) is 10.5 Å². The molecule has 5 nitrogen and oxygen atoms in total. The lowest BCUT2D eigenvalue weighted by Crippen LogP contribution is -2.38. The Morgan fingerprint density at radius 3 is 2.41 bits per heavy atom. The molecular weight excluding hydrogens is 280 g/mol.